The van der Waals surface area contributed by atoms with E-state index in [0.717, 1.165) is 15.6 Å². The molecule has 0 aliphatic rings. The van der Waals surface area contributed by atoms with Gasteiger partial charge in [0, 0.05) is 12.7 Å². The second-order valence-electron chi connectivity index (χ2n) is 4.51. The molecule has 0 amide bonds. The van der Waals surface area contributed by atoms with E-state index in [1.165, 1.54) is 0 Å². The number of ether oxygens (including phenoxy) is 2. The third kappa shape index (κ3) is 3.49. The van der Waals surface area contributed by atoms with E-state index >= 15 is 0 Å². The molecule has 122 valence electrons. The summed E-state index contributed by atoms with van der Waals surface area (Å²) in [5.41, 5.74) is 1.30. The topological polar surface area (TPSA) is 81.9 Å². The minimum absolute atomic E-state index is 0.168. The summed E-state index contributed by atoms with van der Waals surface area (Å²) in [5, 5.41) is 5.52. The number of aromatic nitrogens is 1. The van der Waals surface area contributed by atoms with Crippen molar-refractivity contribution >= 4 is 27.2 Å². The van der Waals surface area contributed by atoms with Crippen LogP contribution in [0.3, 0.4) is 0 Å². The maximum Gasteiger partial charge on any atom is 0.278 e. The normalized spacial score (nSPS) is 11.8. The number of rotatable bonds is 8. The van der Waals surface area contributed by atoms with Gasteiger partial charge in [0.15, 0.2) is 0 Å². The van der Waals surface area contributed by atoms with Crippen LogP contribution >= 0.6 is 11.3 Å². The van der Waals surface area contributed by atoms with Gasteiger partial charge in [-0.3, -0.25) is 0 Å². The Balaban J connectivity index is 2.31. The third-order valence-electron chi connectivity index (χ3n) is 3.04. The molecule has 2 heterocycles. The fraction of sp³-hybridized carbons (Fsp3) is 0.462. The Labute approximate surface area is 133 Å². The molecule has 2 aromatic rings. The molecule has 0 bridgehead atoms. The van der Waals surface area contributed by atoms with Crippen LogP contribution in [-0.2, 0) is 19.5 Å². The number of aryl methyl sites for hydroxylation is 1. The van der Waals surface area contributed by atoms with Gasteiger partial charge in [0.25, 0.3) is 10.0 Å². The van der Waals surface area contributed by atoms with Crippen LogP contribution in [-0.4, -0.2) is 40.6 Å². The highest BCUT2D eigenvalue weighted by Gasteiger charge is 2.30. The average Bonchev–Trinajstić information content (AvgIpc) is 3.12. The first-order chi connectivity index (χ1) is 10.5. The highest BCUT2D eigenvalue weighted by molar-refractivity contribution is 7.94. The number of hydrogen-bond acceptors (Lipinski definition) is 7. The zero-order valence-electron chi connectivity index (χ0n) is 12.6. The first kappa shape index (κ1) is 16.9. The summed E-state index contributed by atoms with van der Waals surface area (Å²) in [7, 11) is -2.21. The molecule has 0 atom stereocenters. The number of methoxy groups -OCH3 is 1. The summed E-state index contributed by atoms with van der Waals surface area (Å²) in [6.07, 6.45) is 0. The molecule has 9 heteroatoms. The molecular weight excluding hydrogens is 328 g/mol. The standard InChI is InChI=1S/C13H18N2O5S2/c1-10-11(2)14-20-13(10)15(9-19-7-6-18-3)22(16,17)12-5-4-8-21-12/h4-5,8H,6-7,9H2,1-3H3. The van der Waals surface area contributed by atoms with Crippen molar-refractivity contribution in [2.75, 3.05) is 31.4 Å². The predicted octanol–water partition coefficient (Wildman–Crippen LogP) is 2.17. The van der Waals surface area contributed by atoms with E-state index in [1.54, 1.807) is 38.5 Å². The molecule has 0 saturated carbocycles. The Bertz CT molecular complexity index is 694. The lowest BCUT2D eigenvalue weighted by Gasteiger charge is -2.20. The molecule has 0 aromatic carbocycles. The zero-order valence-corrected chi connectivity index (χ0v) is 14.2. The lowest BCUT2D eigenvalue weighted by Crippen LogP contribution is -2.33. The molecule has 0 saturated heterocycles. The number of hydrogen-bond donors (Lipinski definition) is 0. The van der Waals surface area contributed by atoms with Gasteiger partial charge in [-0.1, -0.05) is 11.2 Å². The summed E-state index contributed by atoms with van der Waals surface area (Å²) in [6, 6.07) is 3.22. The largest absolute Gasteiger partial charge is 0.382 e. The SMILES string of the molecule is COCCOCN(c1onc(C)c1C)S(=O)(=O)c1cccs1. The Morgan fingerprint density at radius 3 is 2.68 bits per heavy atom. The van der Waals surface area contributed by atoms with Crippen LogP contribution in [0.2, 0.25) is 0 Å². The van der Waals surface area contributed by atoms with Gasteiger partial charge >= 0.3 is 0 Å². The first-order valence-corrected chi connectivity index (χ1v) is 8.86. The van der Waals surface area contributed by atoms with Gasteiger partial charge in [0.1, 0.15) is 10.9 Å². The van der Waals surface area contributed by atoms with Gasteiger partial charge in [-0.15, -0.1) is 11.3 Å². The van der Waals surface area contributed by atoms with Crippen LogP contribution in [0.25, 0.3) is 0 Å². The maximum absolute atomic E-state index is 12.8. The van der Waals surface area contributed by atoms with E-state index in [0.29, 0.717) is 17.9 Å². The van der Waals surface area contributed by atoms with Crippen LogP contribution in [0.1, 0.15) is 11.3 Å². The van der Waals surface area contributed by atoms with E-state index in [-0.39, 0.29) is 23.4 Å². The van der Waals surface area contributed by atoms with Crippen molar-refractivity contribution in [1.29, 1.82) is 0 Å². The average molecular weight is 346 g/mol. The minimum Gasteiger partial charge on any atom is -0.382 e. The van der Waals surface area contributed by atoms with E-state index in [1.807, 2.05) is 0 Å². The van der Waals surface area contributed by atoms with Crippen LogP contribution in [0.4, 0.5) is 5.88 Å². The molecule has 0 aliphatic heterocycles. The maximum atomic E-state index is 12.8. The Morgan fingerprint density at radius 1 is 1.36 bits per heavy atom. The van der Waals surface area contributed by atoms with Crippen LogP contribution in [0.15, 0.2) is 26.2 Å². The van der Waals surface area contributed by atoms with E-state index < -0.39 is 10.0 Å². The summed E-state index contributed by atoms with van der Waals surface area (Å²) in [4.78, 5) is 0. The summed E-state index contributed by atoms with van der Waals surface area (Å²) in [5.74, 6) is 0.170. The summed E-state index contributed by atoms with van der Waals surface area (Å²) < 4.78 is 42.3. The van der Waals surface area contributed by atoms with Crippen molar-refractivity contribution in [1.82, 2.24) is 5.16 Å². The fourth-order valence-electron chi connectivity index (χ4n) is 1.68. The monoisotopic (exact) mass is 346 g/mol. The van der Waals surface area contributed by atoms with Crippen LogP contribution in [0, 0.1) is 13.8 Å². The third-order valence-corrected chi connectivity index (χ3v) is 6.12. The first-order valence-electron chi connectivity index (χ1n) is 6.54. The Morgan fingerprint density at radius 2 is 2.14 bits per heavy atom. The van der Waals surface area contributed by atoms with Gasteiger partial charge in [-0.2, -0.15) is 0 Å². The van der Waals surface area contributed by atoms with Gasteiger partial charge in [-0.25, -0.2) is 12.7 Å². The van der Waals surface area contributed by atoms with Gasteiger partial charge in [0.2, 0.25) is 5.88 Å². The smallest absolute Gasteiger partial charge is 0.278 e. The van der Waals surface area contributed by atoms with Crippen LogP contribution in [0.5, 0.6) is 0 Å². The Kier molecular flexibility index (Phi) is 5.57. The van der Waals surface area contributed by atoms with Gasteiger partial charge in [0.05, 0.1) is 18.9 Å². The molecule has 0 spiro atoms. The highest BCUT2D eigenvalue weighted by atomic mass is 32.2. The molecule has 0 N–H and O–H groups in total. The number of nitrogens with zero attached hydrogens (tertiary/aromatic N) is 2. The summed E-state index contributed by atoms with van der Waals surface area (Å²) in [6.45, 7) is 4.00. The number of thiophene rings is 1. The number of anilines is 1. The molecule has 22 heavy (non-hydrogen) atoms. The van der Waals surface area contributed by atoms with Crippen molar-refractivity contribution in [3.05, 3.63) is 28.8 Å². The number of sulfonamides is 1. The van der Waals surface area contributed by atoms with Gasteiger partial charge in [-0.05, 0) is 25.3 Å². The van der Waals surface area contributed by atoms with Crippen LogP contribution < -0.4 is 4.31 Å². The molecule has 2 rings (SSSR count). The predicted molar refractivity (Wildman–Crippen MR) is 82.7 cm³/mol. The molecule has 2 aromatic heterocycles. The van der Waals surface area contributed by atoms with E-state index in [4.69, 9.17) is 14.0 Å². The molecule has 0 radical (unpaired) electrons. The quantitative estimate of drug-likeness (QED) is 0.538. The molecule has 0 aliphatic carbocycles. The van der Waals surface area contributed by atoms with Crippen molar-refractivity contribution in [3.8, 4) is 0 Å². The van der Waals surface area contributed by atoms with E-state index in [2.05, 4.69) is 5.16 Å². The Hall–Kier alpha value is -1.42. The van der Waals surface area contributed by atoms with Crippen molar-refractivity contribution in [2.24, 2.45) is 0 Å². The van der Waals surface area contributed by atoms with Gasteiger partial charge < -0.3 is 14.0 Å². The summed E-state index contributed by atoms with van der Waals surface area (Å²) >= 11 is 1.14. The second kappa shape index (κ2) is 7.23. The zero-order chi connectivity index (χ0) is 16.2. The van der Waals surface area contributed by atoms with Crippen molar-refractivity contribution in [3.63, 3.8) is 0 Å². The fourth-order valence-corrected chi connectivity index (χ4v) is 4.12. The highest BCUT2D eigenvalue weighted by Crippen LogP contribution is 2.30. The molecule has 0 unspecified atom stereocenters. The van der Waals surface area contributed by atoms with E-state index in [9.17, 15) is 8.42 Å². The minimum atomic E-state index is -3.75. The lowest BCUT2D eigenvalue weighted by molar-refractivity contribution is 0.0744. The van der Waals surface area contributed by atoms with Crippen molar-refractivity contribution < 1.29 is 22.4 Å². The van der Waals surface area contributed by atoms with Crippen molar-refractivity contribution in [2.45, 2.75) is 18.1 Å². The lowest BCUT2D eigenvalue weighted by atomic mass is 10.3. The second-order valence-corrected chi connectivity index (χ2v) is 7.55. The molecule has 7 nitrogen and oxygen atoms in total. The molecular formula is C13H18N2O5S2. The molecule has 0 fully saturated rings.